The first-order valence-corrected chi connectivity index (χ1v) is 8.85. The molecule has 1 saturated carbocycles. The van der Waals surface area contributed by atoms with Gasteiger partial charge in [0.25, 0.3) is 0 Å². The summed E-state index contributed by atoms with van der Waals surface area (Å²) in [5.41, 5.74) is 0.680. The summed E-state index contributed by atoms with van der Waals surface area (Å²) in [4.78, 5) is 23.6. The minimum absolute atomic E-state index is 0.0771. The molecule has 0 heterocycles. The molecule has 3 rings (SSSR count). The van der Waals surface area contributed by atoms with Gasteiger partial charge in [-0.25, -0.2) is 4.79 Å². The van der Waals surface area contributed by atoms with Gasteiger partial charge in [-0.1, -0.05) is 62.1 Å². The summed E-state index contributed by atoms with van der Waals surface area (Å²) in [6, 6.07) is 13.6. The summed E-state index contributed by atoms with van der Waals surface area (Å²) in [6.45, 7) is 0. The SMILES string of the molecule is O=C(CCC1CCCC1)N/C(=C/c1ccc2ccccc2c1)C(=O)O. The quantitative estimate of drug-likeness (QED) is 0.770. The van der Waals surface area contributed by atoms with E-state index in [4.69, 9.17) is 0 Å². The topological polar surface area (TPSA) is 66.4 Å². The zero-order valence-electron chi connectivity index (χ0n) is 14.2. The maximum Gasteiger partial charge on any atom is 0.352 e. The molecule has 2 aromatic rings. The molecule has 0 aromatic heterocycles. The lowest BCUT2D eigenvalue weighted by Gasteiger charge is -2.10. The fourth-order valence-corrected chi connectivity index (χ4v) is 3.46. The molecule has 25 heavy (non-hydrogen) atoms. The van der Waals surface area contributed by atoms with E-state index in [0.717, 1.165) is 22.8 Å². The Morgan fingerprint density at radius 2 is 1.80 bits per heavy atom. The first kappa shape index (κ1) is 17.2. The lowest BCUT2D eigenvalue weighted by molar-refractivity contribution is -0.134. The Balaban J connectivity index is 1.69. The minimum Gasteiger partial charge on any atom is -0.477 e. The molecule has 2 aromatic carbocycles. The number of carbonyl (C=O) groups excluding carboxylic acids is 1. The fraction of sp³-hybridized carbons (Fsp3) is 0.333. The molecular weight excluding hydrogens is 314 g/mol. The molecule has 1 aliphatic rings. The smallest absolute Gasteiger partial charge is 0.352 e. The molecule has 130 valence electrons. The van der Waals surface area contributed by atoms with Gasteiger partial charge in [0.15, 0.2) is 0 Å². The number of benzene rings is 2. The van der Waals surface area contributed by atoms with Gasteiger partial charge in [0.05, 0.1) is 0 Å². The largest absolute Gasteiger partial charge is 0.477 e. The number of fused-ring (bicyclic) bond motifs is 1. The Kier molecular flexibility index (Phi) is 5.49. The van der Waals surface area contributed by atoms with Crippen molar-refractivity contribution in [1.29, 1.82) is 0 Å². The highest BCUT2D eigenvalue weighted by atomic mass is 16.4. The Hall–Kier alpha value is -2.62. The van der Waals surface area contributed by atoms with E-state index < -0.39 is 5.97 Å². The summed E-state index contributed by atoms with van der Waals surface area (Å²) < 4.78 is 0. The zero-order chi connectivity index (χ0) is 17.6. The molecule has 0 radical (unpaired) electrons. The molecule has 0 atom stereocenters. The van der Waals surface area contributed by atoms with E-state index in [0.29, 0.717) is 12.3 Å². The Bertz CT molecular complexity index is 804. The third kappa shape index (κ3) is 4.69. The fourth-order valence-electron chi connectivity index (χ4n) is 3.46. The highest BCUT2D eigenvalue weighted by molar-refractivity contribution is 5.97. The number of rotatable bonds is 6. The van der Waals surface area contributed by atoms with Crippen molar-refractivity contribution in [2.75, 3.05) is 0 Å². The second-order valence-electron chi connectivity index (χ2n) is 6.71. The van der Waals surface area contributed by atoms with E-state index in [1.165, 1.54) is 31.8 Å². The third-order valence-corrected chi connectivity index (χ3v) is 4.84. The predicted molar refractivity (Wildman–Crippen MR) is 98.9 cm³/mol. The van der Waals surface area contributed by atoms with E-state index in [1.807, 2.05) is 42.5 Å². The maximum absolute atomic E-state index is 12.1. The molecule has 4 heteroatoms. The van der Waals surface area contributed by atoms with Gasteiger partial charge in [0, 0.05) is 6.42 Å². The van der Waals surface area contributed by atoms with E-state index in [2.05, 4.69) is 5.32 Å². The number of hydrogen-bond donors (Lipinski definition) is 2. The van der Waals surface area contributed by atoms with Crippen LogP contribution in [0.4, 0.5) is 0 Å². The number of aliphatic carboxylic acids is 1. The standard InChI is InChI=1S/C21H23NO3/c23-20(12-10-15-5-1-2-6-15)22-19(21(24)25)14-16-9-11-17-7-3-4-8-18(17)13-16/h3-4,7-9,11,13-15H,1-2,5-6,10,12H2,(H,22,23)(H,24,25)/b19-14+. The molecule has 0 aliphatic heterocycles. The van der Waals surface area contributed by atoms with Gasteiger partial charge in [-0.2, -0.15) is 0 Å². The van der Waals surface area contributed by atoms with E-state index in [9.17, 15) is 14.7 Å². The van der Waals surface area contributed by atoms with Crippen molar-refractivity contribution < 1.29 is 14.7 Å². The second-order valence-corrected chi connectivity index (χ2v) is 6.71. The Morgan fingerprint density at radius 3 is 2.52 bits per heavy atom. The maximum atomic E-state index is 12.1. The number of carboxylic acid groups (broad SMARTS) is 1. The molecule has 0 saturated heterocycles. The number of hydrogen-bond acceptors (Lipinski definition) is 2. The van der Waals surface area contributed by atoms with Gasteiger partial charge >= 0.3 is 5.97 Å². The normalized spacial score (nSPS) is 15.4. The van der Waals surface area contributed by atoms with Crippen LogP contribution in [0.25, 0.3) is 16.8 Å². The van der Waals surface area contributed by atoms with Crippen LogP contribution in [0.3, 0.4) is 0 Å². The van der Waals surface area contributed by atoms with Gasteiger partial charge in [0.1, 0.15) is 5.70 Å². The molecule has 2 N–H and O–H groups in total. The molecular formula is C21H23NO3. The first-order valence-electron chi connectivity index (χ1n) is 8.85. The average molecular weight is 337 g/mol. The molecule has 0 spiro atoms. The molecule has 1 amide bonds. The van der Waals surface area contributed by atoms with E-state index >= 15 is 0 Å². The monoisotopic (exact) mass is 337 g/mol. The Morgan fingerprint density at radius 1 is 1.08 bits per heavy atom. The van der Waals surface area contributed by atoms with Crippen LogP contribution in [0, 0.1) is 5.92 Å². The van der Waals surface area contributed by atoms with Crippen LogP contribution in [0.5, 0.6) is 0 Å². The predicted octanol–water partition coefficient (Wildman–Crippen LogP) is 4.35. The lowest BCUT2D eigenvalue weighted by atomic mass is 10.0. The van der Waals surface area contributed by atoms with Crippen LogP contribution in [-0.2, 0) is 9.59 Å². The van der Waals surface area contributed by atoms with Gasteiger partial charge in [-0.05, 0) is 40.8 Å². The summed E-state index contributed by atoms with van der Waals surface area (Å²) in [7, 11) is 0. The Labute approximate surface area is 147 Å². The summed E-state index contributed by atoms with van der Waals surface area (Å²) in [6.07, 6.45) is 7.60. The average Bonchev–Trinajstić information content (AvgIpc) is 3.13. The lowest BCUT2D eigenvalue weighted by Crippen LogP contribution is -2.27. The second kappa shape index (κ2) is 7.97. The molecule has 1 fully saturated rings. The summed E-state index contributed by atoms with van der Waals surface area (Å²) in [5, 5.41) is 14.1. The molecule has 4 nitrogen and oxygen atoms in total. The van der Waals surface area contributed by atoms with Crippen LogP contribution < -0.4 is 5.32 Å². The first-order chi connectivity index (χ1) is 12.1. The van der Waals surface area contributed by atoms with Crippen molar-refractivity contribution in [3.63, 3.8) is 0 Å². The number of amides is 1. The summed E-state index contributed by atoms with van der Waals surface area (Å²) >= 11 is 0. The summed E-state index contributed by atoms with van der Waals surface area (Å²) in [5.74, 6) is -0.729. The number of carboxylic acids is 1. The van der Waals surface area contributed by atoms with Crippen LogP contribution >= 0.6 is 0 Å². The van der Waals surface area contributed by atoms with Gasteiger partial charge in [-0.15, -0.1) is 0 Å². The molecule has 1 aliphatic carbocycles. The van der Waals surface area contributed by atoms with Crippen molar-refractivity contribution in [1.82, 2.24) is 5.32 Å². The third-order valence-electron chi connectivity index (χ3n) is 4.84. The van der Waals surface area contributed by atoms with Crippen LogP contribution in [0.15, 0.2) is 48.2 Å². The van der Waals surface area contributed by atoms with Crippen LogP contribution in [0.2, 0.25) is 0 Å². The van der Waals surface area contributed by atoms with Gasteiger partial charge in [0.2, 0.25) is 5.91 Å². The molecule has 0 unspecified atom stereocenters. The number of carbonyl (C=O) groups is 2. The van der Waals surface area contributed by atoms with Crippen LogP contribution in [-0.4, -0.2) is 17.0 Å². The van der Waals surface area contributed by atoms with Crippen molar-refractivity contribution in [3.05, 3.63) is 53.7 Å². The van der Waals surface area contributed by atoms with E-state index in [-0.39, 0.29) is 11.6 Å². The minimum atomic E-state index is -1.12. The van der Waals surface area contributed by atoms with E-state index in [1.54, 1.807) is 0 Å². The number of nitrogens with one attached hydrogen (secondary N) is 1. The highest BCUT2D eigenvalue weighted by Gasteiger charge is 2.17. The zero-order valence-corrected chi connectivity index (χ0v) is 14.2. The highest BCUT2D eigenvalue weighted by Crippen LogP contribution is 2.28. The van der Waals surface area contributed by atoms with Gasteiger partial charge < -0.3 is 10.4 Å². The van der Waals surface area contributed by atoms with Crippen molar-refractivity contribution in [3.8, 4) is 0 Å². The van der Waals surface area contributed by atoms with Crippen molar-refractivity contribution in [2.45, 2.75) is 38.5 Å². The van der Waals surface area contributed by atoms with Crippen LogP contribution in [0.1, 0.15) is 44.1 Å². The van der Waals surface area contributed by atoms with Gasteiger partial charge in [-0.3, -0.25) is 4.79 Å². The van der Waals surface area contributed by atoms with Crippen molar-refractivity contribution in [2.24, 2.45) is 5.92 Å². The van der Waals surface area contributed by atoms with Crippen molar-refractivity contribution >= 4 is 28.7 Å². The molecule has 0 bridgehead atoms.